The van der Waals surface area contributed by atoms with Gasteiger partial charge in [-0.3, -0.25) is 0 Å². The molecule has 15 heavy (non-hydrogen) atoms. The van der Waals surface area contributed by atoms with Crippen molar-refractivity contribution < 1.29 is 20.1 Å². The Kier molecular flexibility index (Phi) is 7.90. The fourth-order valence-electron chi connectivity index (χ4n) is 1.23. The summed E-state index contributed by atoms with van der Waals surface area (Å²) in [4.78, 5) is 1.88. The molecule has 0 spiro atoms. The number of likely N-dealkylation sites (N-methyl/N-ethyl adjacent to an activating group) is 1. The van der Waals surface area contributed by atoms with E-state index in [2.05, 4.69) is 0 Å². The summed E-state index contributed by atoms with van der Waals surface area (Å²) in [6.07, 6.45) is -0.881. The molecule has 92 valence electrons. The standard InChI is InChI=1S/C10H23NO4/c1-8(13)4-5-10(14)15-9(7-12)6-11(2)3/h8-10,12-14H,4-7H2,1-3H3. The van der Waals surface area contributed by atoms with Crippen LogP contribution in [0.15, 0.2) is 0 Å². The Morgan fingerprint density at radius 2 is 1.80 bits per heavy atom. The fraction of sp³-hybridized carbons (Fsp3) is 1.00. The second-order valence-corrected chi connectivity index (χ2v) is 4.08. The average Bonchev–Trinajstić information content (AvgIpc) is 2.13. The van der Waals surface area contributed by atoms with Crippen LogP contribution in [-0.4, -0.2) is 66.0 Å². The Balaban J connectivity index is 3.74. The third-order valence-corrected chi connectivity index (χ3v) is 1.95. The normalized spacial score (nSPS) is 17.8. The Morgan fingerprint density at radius 3 is 2.20 bits per heavy atom. The zero-order valence-electron chi connectivity index (χ0n) is 9.76. The van der Waals surface area contributed by atoms with Gasteiger partial charge in [-0.15, -0.1) is 0 Å². The van der Waals surface area contributed by atoms with Gasteiger partial charge in [-0.25, -0.2) is 0 Å². The van der Waals surface area contributed by atoms with E-state index in [1.165, 1.54) is 0 Å². The lowest BCUT2D eigenvalue weighted by Gasteiger charge is -2.23. The molecule has 0 rings (SSSR count). The van der Waals surface area contributed by atoms with Crippen LogP contribution in [0, 0.1) is 0 Å². The van der Waals surface area contributed by atoms with Crippen LogP contribution in [0.3, 0.4) is 0 Å². The van der Waals surface area contributed by atoms with E-state index in [0.29, 0.717) is 19.4 Å². The van der Waals surface area contributed by atoms with Gasteiger partial charge >= 0.3 is 0 Å². The van der Waals surface area contributed by atoms with Crippen LogP contribution < -0.4 is 0 Å². The third-order valence-electron chi connectivity index (χ3n) is 1.95. The van der Waals surface area contributed by atoms with E-state index >= 15 is 0 Å². The van der Waals surface area contributed by atoms with Crippen LogP contribution >= 0.6 is 0 Å². The van der Waals surface area contributed by atoms with E-state index in [4.69, 9.17) is 14.9 Å². The average molecular weight is 221 g/mol. The molecular formula is C10H23NO4. The van der Waals surface area contributed by atoms with Crippen molar-refractivity contribution in [2.75, 3.05) is 27.2 Å². The van der Waals surface area contributed by atoms with Crippen molar-refractivity contribution in [1.29, 1.82) is 0 Å². The molecule has 0 saturated heterocycles. The van der Waals surface area contributed by atoms with Crippen LogP contribution in [0.1, 0.15) is 19.8 Å². The molecule has 0 aliphatic heterocycles. The van der Waals surface area contributed by atoms with Gasteiger partial charge in [-0.1, -0.05) is 0 Å². The predicted molar refractivity (Wildman–Crippen MR) is 57.4 cm³/mol. The van der Waals surface area contributed by atoms with Crippen molar-refractivity contribution in [3.63, 3.8) is 0 Å². The van der Waals surface area contributed by atoms with E-state index in [-0.39, 0.29) is 12.7 Å². The zero-order valence-corrected chi connectivity index (χ0v) is 9.76. The molecular weight excluding hydrogens is 198 g/mol. The summed E-state index contributed by atoms with van der Waals surface area (Å²) < 4.78 is 5.21. The second kappa shape index (κ2) is 8.01. The van der Waals surface area contributed by atoms with E-state index in [9.17, 15) is 5.11 Å². The number of aliphatic hydroxyl groups excluding tert-OH is 3. The van der Waals surface area contributed by atoms with Crippen LogP contribution in [0.4, 0.5) is 0 Å². The van der Waals surface area contributed by atoms with Gasteiger partial charge < -0.3 is 25.0 Å². The topological polar surface area (TPSA) is 73.2 Å². The number of nitrogens with zero attached hydrogens (tertiary/aromatic N) is 1. The largest absolute Gasteiger partial charge is 0.394 e. The molecule has 0 aromatic rings. The monoisotopic (exact) mass is 221 g/mol. The molecule has 0 aliphatic rings. The van der Waals surface area contributed by atoms with Crippen LogP contribution in [0.25, 0.3) is 0 Å². The van der Waals surface area contributed by atoms with Gasteiger partial charge in [-0.05, 0) is 27.4 Å². The summed E-state index contributed by atoms with van der Waals surface area (Å²) >= 11 is 0. The van der Waals surface area contributed by atoms with Crippen molar-refractivity contribution in [3.8, 4) is 0 Å². The summed E-state index contributed by atoms with van der Waals surface area (Å²) in [7, 11) is 3.74. The highest BCUT2D eigenvalue weighted by atomic mass is 16.6. The summed E-state index contributed by atoms with van der Waals surface area (Å²) in [6.45, 7) is 2.10. The first-order valence-electron chi connectivity index (χ1n) is 5.23. The van der Waals surface area contributed by atoms with E-state index < -0.39 is 12.4 Å². The van der Waals surface area contributed by atoms with Gasteiger partial charge in [0.15, 0.2) is 6.29 Å². The second-order valence-electron chi connectivity index (χ2n) is 4.08. The fourth-order valence-corrected chi connectivity index (χ4v) is 1.23. The van der Waals surface area contributed by atoms with Crippen molar-refractivity contribution in [1.82, 2.24) is 4.90 Å². The molecule has 0 radical (unpaired) electrons. The molecule has 0 bridgehead atoms. The minimum absolute atomic E-state index is 0.121. The van der Waals surface area contributed by atoms with E-state index in [0.717, 1.165) is 0 Å². The molecule has 3 N–H and O–H groups in total. The number of ether oxygens (including phenoxy) is 1. The summed E-state index contributed by atoms with van der Waals surface area (Å²) in [5.74, 6) is 0. The highest BCUT2D eigenvalue weighted by molar-refractivity contribution is 4.61. The maximum absolute atomic E-state index is 9.45. The highest BCUT2D eigenvalue weighted by Crippen LogP contribution is 2.06. The summed E-state index contributed by atoms with van der Waals surface area (Å²) in [5.41, 5.74) is 0. The Hall–Kier alpha value is -0.200. The molecule has 3 atom stereocenters. The third kappa shape index (κ3) is 8.77. The molecule has 0 amide bonds. The van der Waals surface area contributed by atoms with E-state index in [1.54, 1.807) is 6.92 Å². The van der Waals surface area contributed by atoms with Gasteiger partial charge in [0.25, 0.3) is 0 Å². The molecule has 0 aliphatic carbocycles. The van der Waals surface area contributed by atoms with Crippen molar-refractivity contribution in [2.45, 2.75) is 38.3 Å². The lowest BCUT2D eigenvalue weighted by molar-refractivity contribution is -0.155. The van der Waals surface area contributed by atoms with Crippen molar-refractivity contribution in [3.05, 3.63) is 0 Å². The SMILES string of the molecule is CC(O)CCC(O)OC(CO)CN(C)C. The van der Waals surface area contributed by atoms with Gasteiger partial charge in [0.05, 0.1) is 18.8 Å². The Labute approximate surface area is 91.3 Å². The van der Waals surface area contributed by atoms with E-state index in [1.807, 2.05) is 19.0 Å². The van der Waals surface area contributed by atoms with Gasteiger partial charge in [-0.2, -0.15) is 0 Å². The zero-order chi connectivity index (χ0) is 11.8. The molecule has 0 fully saturated rings. The maximum atomic E-state index is 9.45. The first-order valence-corrected chi connectivity index (χ1v) is 5.23. The van der Waals surface area contributed by atoms with Crippen molar-refractivity contribution in [2.24, 2.45) is 0 Å². The maximum Gasteiger partial charge on any atom is 0.155 e. The van der Waals surface area contributed by atoms with Gasteiger partial charge in [0.2, 0.25) is 0 Å². The first kappa shape index (κ1) is 14.8. The Morgan fingerprint density at radius 1 is 1.20 bits per heavy atom. The Bertz CT molecular complexity index is 152. The highest BCUT2D eigenvalue weighted by Gasteiger charge is 2.15. The lowest BCUT2D eigenvalue weighted by Crippen LogP contribution is -2.34. The quantitative estimate of drug-likeness (QED) is 0.478. The first-order chi connectivity index (χ1) is 6.95. The molecule has 5 nitrogen and oxygen atoms in total. The minimum atomic E-state index is -0.920. The number of hydrogen-bond acceptors (Lipinski definition) is 5. The lowest BCUT2D eigenvalue weighted by atomic mass is 10.2. The molecule has 0 aromatic carbocycles. The number of hydrogen-bond donors (Lipinski definition) is 3. The molecule has 5 heteroatoms. The predicted octanol–water partition coefficient (Wildman–Crippen LogP) is -0.595. The molecule has 0 heterocycles. The van der Waals surface area contributed by atoms with Crippen molar-refractivity contribution >= 4 is 0 Å². The molecule has 0 aromatic heterocycles. The molecule has 3 unspecified atom stereocenters. The summed E-state index contributed by atoms with van der Waals surface area (Å²) in [5, 5.41) is 27.5. The number of rotatable bonds is 8. The van der Waals surface area contributed by atoms with Crippen LogP contribution in [-0.2, 0) is 4.74 Å². The minimum Gasteiger partial charge on any atom is -0.394 e. The smallest absolute Gasteiger partial charge is 0.155 e. The summed E-state index contributed by atoms with van der Waals surface area (Å²) in [6, 6.07) is 0. The molecule has 0 saturated carbocycles. The van der Waals surface area contributed by atoms with Gasteiger partial charge in [0, 0.05) is 13.0 Å². The van der Waals surface area contributed by atoms with Crippen LogP contribution in [0.2, 0.25) is 0 Å². The number of aliphatic hydroxyl groups is 3. The van der Waals surface area contributed by atoms with Crippen LogP contribution in [0.5, 0.6) is 0 Å². The van der Waals surface area contributed by atoms with Gasteiger partial charge in [0.1, 0.15) is 0 Å².